The fourth-order valence-corrected chi connectivity index (χ4v) is 3.90. The first-order valence-corrected chi connectivity index (χ1v) is 9.14. The van der Waals surface area contributed by atoms with Crippen LogP contribution in [-0.4, -0.2) is 67.5 Å². The lowest BCUT2D eigenvalue weighted by molar-refractivity contribution is -0.168. The molecule has 0 unspecified atom stereocenters. The van der Waals surface area contributed by atoms with Gasteiger partial charge in [-0.05, 0) is 0 Å². The highest BCUT2D eigenvalue weighted by molar-refractivity contribution is 8.00. The highest BCUT2D eigenvalue weighted by Gasteiger charge is 2.67. The summed E-state index contributed by atoms with van der Waals surface area (Å²) >= 11 is 17.6. The first-order chi connectivity index (χ1) is 11.9. The Morgan fingerprint density at radius 3 is 2.50 bits per heavy atom. The molecule has 0 aromatic rings. The second-order valence-electron chi connectivity index (χ2n) is 5.44. The molecule has 2 aliphatic rings. The molecule has 0 aliphatic carbocycles. The van der Waals surface area contributed by atoms with Crippen molar-refractivity contribution < 1.29 is 33.8 Å². The summed E-state index contributed by atoms with van der Waals surface area (Å²) in [4.78, 5) is 48.1. The molecule has 9 nitrogen and oxygen atoms in total. The minimum Gasteiger partial charge on any atom is -0.479 e. The molecule has 0 saturated carbocycles. The molecule has 0 radical (unpaired) electrons. The number of esters is 2. The lowest BCUT2D eigenvalue weighted by Crippen LogP contribution is -2.81. The molecule has 2 aliphatic heterocycles. The third-order valence-electron chi connectivity index (χ3n) is 3.55. The molecule has 1 fully saturated rings. The summed E-state index contributed by atoms with van der Waals surface area (Å²) in [5.74, 6) is -4.06. The van der Waals surface area contributed by atoms with E-state index < -0.39 is 45.1 Å². The first-order valence-electron chi connectivity index (χ1n) is 6.96. The number of hydrogen-bond acceptors (Lipinski definition) is 8. The molecule has 13 heteroatoms. The van der Waals surface area contributed by atoms with Gasteiger partial charge in [-0.3, -0.25) is 14.5 Å². The maximum atomic E-state index is 12.4. The maximum Gasteiger partial charge on any atom is 0.355 e. The second-order valence-corrected chi connectivity index (χ2v) is 9.02. The number of amides is 1. The van der Waals surface area contributed by atoms with Gasteiger partial charge in [0.25, 0.3) is 5.91 Å². The van der Waals surface area contributed by atoms with Gasteiger partial charge >= 0.3 is 17.9 Å². The van der Waals surface area contributed by atoms with Gasteiger partial charge in [-0.1, -0.05) is 34.8 Å². The van der Waals surface area contributed by atoms with Crippen molar-refractivity contribution in [3.63, 3.8) is 0 Å². The number of halogens is 3. The number of carboxylic acids is 1. The summed E-state index contributed by atoms with van der Waals surface area (Å²) in [6.07, 6.45) is 0. The van der Waals surface area contributed by atoms with Crippen molar-refractivity contribution in [2.24, 2.45) is 5.73 Å². The number of rotatable bonds is 5. The molecule has 0 aromatic carbocycles. The van der Waals surface area contributed by atoms with Crippen molar-refractivity contribution in [2.75, 3.05) is 19.0 Å². The molecule has 2 atom stereocenters. The van der Waals surface area contributed by atoms with E-state index >= 15 is 0 Å². The van der Waals surface area contributed by atoms with Crippen LogP contribution in [-0.2, 0) is 28.7 Å². The van der Waals surface area contributed by atoms with Crippen LogP contribution in [0.1, 0.15) is 6.92 Å². The summed E-state index contributed by atoms with van der Waals surface area (Å²) in [5, 5.41) is 8.21. The van der Waals surface area contributed by atoms with Gasteiger partial charge < -0.3 is 20.3 Å². The van der Waals surface area contributed by atoms with E-state index in [-0.39, 0.29) is 23.6 Å². The molecular weight excluding hydrogens is 435 g/mol. The third kappa shape index (κ3) is 3.89. The molecule has 2 rings (SSSR count). The van der Waals surface area contributed by atoms with Gasteiger partial charge in [0.2, 0.25) is 9.33 Å². The van der Waals surface area contributed by atoms with Gasteiger partial charge in [0.1, 0.15) is 24.3 Å². The Hall–Kier alpha value is -1.20. The standard InChI is InChI=1S/C13H13Cl3N2O7S/c1-5(19)24-2-6-3-26-10-13(17,11(22)23)9(21)18(10)7(6)8(20)25-4-12(14,15)16/h10H,2-4,17H2,1H3,(H,22,23)/t10-,13+/m1/s1. The molecule has 1 saturated heterocycles. The number of nitrogens with two attached hydrogens (primary N) is 1. The summed E-state index contributed by atoms with van der Waals surface area (Å²) in [6, 6.07) is 0. The zero-order chi connectivity index (χ0) is 19.9. The Balaban J connectivity index is 2.34. The number of carboxylic acid groups (broad SMARTS) is 1. The van der Waals surface area contributed by atoms with Crippen LogP contribution in [0.3, 0.4) is 0 Å². The summed E-state index contributed by atoms with van der Waals surface area (Å²) in [6.45, 7) is 0.277. The van der Waals surface area contributed by atoms with Crippen molar-refractivity contribution >= 4 is 70.4 Å². The van der Waals surface area contributed by atoms with Crippen LogP contribution in [0.25, 0.3) is 0 Å². The number of carbonyl (C=O) groups is 4. The largest absolute Gasteiger partial charge is 0.479 e. The average Bonchev–Trinajstić information content (AvgIpc) is 2.54. The Morgan fingerprint density at radius 1 is 1.38 bits per heavy atom. The number of alkyl halides is 3. The van der Waals surface area contributed by atoms with E-state index in [1.807, 2.05) is 0 Å². The number of β-lactam (4-membered cyclic amide) rings is 1. The van der Waals surface area contributed by atoms with Crippen LogP contribution in [0.5, 0.6) is 0 Å². The van der Waals surface area contributed by atoms with Crippen molar-refractivity contribution in [2.45, 2.75) is 21.6 Å². The van der Waals surface area contributed by atoms with E-state index in [0.717, 1.165) is 16.7 Å². The van der Waals surface area contributed by atoms with Gasteiger partial charge in [-0.15, -0.1) is 11.8 Å². The maximum absolute atomic E-state index is 12.4. The monoisotopic (exact) mass is 446 g/mol. The number of nitrogens with zero attached hydrogens (tertiary/aromatic N) is 1. The minimum atomic E-state index is -2.17. The first kappa shape index (κ1) is 21.1. The molecule has 1 amide bonds. The summed E-state index contributed by atoms with van der Waals surface area (Å²) in [5.41, 5.74) is 3.49. The Labute approximate surface area is 166 Å². The summed E-state index contributed by atoms with van der Waals surface area (Å²) in [7, 11) is 0. The molecule has 2 heterocycles. The SMILES string of the molecule is CC(=O)OCC1=C(C(=O)OCC(Cl)(Cl)Cl)N2C(=O)[C@@](N)(C(=O)O)[C@H]2SC1. The molecule has 0 spiro atoms. The highest BCUT2D eigenvalue weighted by Crippen LogP contribution is 2.45. The number of fused-ring (bicyclic) bond motifs is 1. The number of ether oxygens (including phenoxy) is 2. The molecule has 26 heavy (non-hydrogen) atoms. The number of hydrogen-bond donors (Lipinski definition) is 2. The van der Waals surface area contributed by atoms with E-state index in [0.29, 0.717) is 0 Å². The average molecular weight is 448 g/mol. The molecule has 144 valence electrons. The van der Waals surface area contributed by atoms with Crippen molar-refractivity contribution in [1.82, 2.24) is 4.90 Å². The molecule has 3 N–H and O–H groups in total. The minimum absolute atomic E-state index is 0.0894. The quantitative estimate of drug-likeness (QED) is 0.266. The van der Waals surface area contributed by atoms with Crippen LogP contribution in [0.15, 0.2) is 11.3 Å². The van der Waals surface area contributed by atoms with Crippen molar-refractivity contribution in [3.05, 3.63) is 11.3 Å². The Bertz CT molecular complexity index is 708. The zero-order valence-corrected chi connectivity index (χ0v) is 16.2. The Kier molecular flexibility index (Phi) is 6.03. The van der Waals surface area contributed by atoms with E-state index in [4.69, 9.17) is 50.0 Å². The van der Waals surface area contributed by atoms with E-state index in [2.05, 4.69) is 0 Å². The van der Waals surface area contributed by atoms with Crippen LogP contribution >= 0.6 is 46.6 Å². The number of carbonyl (C=O) groups excluding carboxylic acids is 3. The highest BCUT2D eigenvalue weighted by atomic mass is 35.6. The molecule has 0 bridgehead atoms. The number of thioether (sulfide) groups is 1. The van der Waals surface area contributed by atoms with Crippen LogP contribution in [0.2, 0.25) is 0 Å². The van der Waals surface area contributed by atoms with Gasteiger partial charge in [0.15, 0.2) is 0 Å². The van der Waals surface area contributed by atoms with Crippen molar-refractivity contribution in [1.29, 1.82) is 0 Å². The van der Waals surface area contributed by atoms with E-state index in [1.54, 1.807) is 0 Å². The Morgan fingerprint density at radius 2 is 2.00 bits per heavy atom. The van der Waals surface area contributed by atoms with E-state index in [9.17, 15) is 24.3 Å². The molecule has 0 aromatic heterocycles. The zero-order valence-electron chi connectivity index (χ0n) is 13.2. The smallest absolute Gasteiger partial charge is 0.355 e. The van der Waals surface area contributed by atoms with Gasteiger partial charge in [0, 0.05) is 18.2 Å². The van der Waals surface area contributed by atoms with Gasteiger partial charge in [-0.2, -0.15) is 0 Å². The molecular formula is C13H13Cl3N2O7S. The van der Waals surface area contributed by atoms with Crippen molar-refractivity contribution in [3.8, 4) is 0 Å². The third-order valence-corrected chi connectivity index (χ3v) is 5.29. The lowest BCUT2D eigenvalue weighted by Gasteiger charge is -2.53. The predicted molar refractivity (Wildman–Crippen MR) is 92.6 cm³/mol. The fourth-order valence-electron chi connectivity index (χ4n) is 2.35. The topological polar surface area (TPSA) is 136 Å². The second kappa shape index (κ2) is 7.43. The van der Waals surface area contributed by atoms with Gasteiger partial charge in [0.05, 0.1) is 0 Å². The number of aliphatic carboxylic acids is 1. The fraction of sp³-hybridized carbons (Fsp3) is 0.538. The van der Waals surface area contributed by atoms with Crippen LogP contribution in [0, 0.1) is 0 Å². The van der Waals surface area contributed by atoms with Gasteiger partial charge in [-0.25, -0.2) is 9.59 Å². The van der Waals surface area contributed by atoms with E-state index in [1.165, 1.54) is 6.92 Å². The van der Waals surface area contributed by atoms with Crippen LogP contribution in [0.4, 0.5) is 0 Å². The van der Waals surface area contributed by atoms with Crippen LogP contribution < -0.4 is 5.73 Å². The predicted octanol–water partition coefficient (Wildman–Crippen LogP) is 0.414. The lowest BCUT2D eigenvalue weighted by atomic mass is 9.87. The normalized spacial score (nSPS) is 25.3. The summed E-state index contributed by atoms with van der Waals surface area (Å²) < 4.78 is 7.87.